The van der Waals surface area contributed by atoms with Crippen molar-refractivity contribution in [3.8, 4) is 0 Å². The summed E-state index contributed by atoms with van der Waals surface area (Å²) in [5.41, 5.74) is 1.15. The van der Waals surface area contributed by atoms with Crippen LogP contribution in [0.4, 0.5) is 0 Å². The summed E-state index contributed by atoms with van der Waals surface area (Å²) in [4.78, 5) is 25.3. The number of rotatable bonds is 9. The van der Waals surface area contributed by atoms with Crippen LogP contribution >= 0.6 is 0 Å². The fraction of sp³-hybridized carbons (Fsp3) is 0.636. The molecule has 0 atom stereocenters. The van der Waals surface area contributed by atoms with Gasteiger partial charge in [-0.3, -0.25) is 0 Å². The summed E-state index contributed by atoms with van der Waals surface area (Å²) in [6.45, 7) is 13.1. The van der Waals surface area contributed by atoms with Crippen molar-refractivity contribution in [3.63, 3.8) is 0 Å². The Labute approximate surface area is 158 Å². The van der Waals surface area contributed by atoms with Crippen LogP contribution in [-0.2, 0) is 14.9 Å². The summed E-state index contributed by atoms with van der Waals surface area (Å²) in [6, 6.07) is 5.33. The Morgan fingerprint density at radius 1 is 1.00 bits per heavy atom. The quantitative estimate of drug-likeness (QED) is 0.428. The number of benzene rings is 1. The highest BCUT2D eigenvalue weighted by molar-refractivity contribution is 6.04. The third kappa shape index (κ3) is 6.81. The zero-order chi connectivity index (χ0) is 19.7. The van der Waals surface area contributed by atoms with Crippen molar-refractivity contribution < 1.29 is 19.1 Å². The van der Waals surface area contributed by atoms with Crippen LogP contribution in [-0.4, -0.2) is 25.2 Å². The normalized spacial score (nSPS) is 11.5. The van der Waals surface area contributed by atoms with Crippen LogP contribution in [0.3, 0.4) is 0 Å². The molecule has 0 amide bonds. The van der Waals surface area contributed by atoms with Gasteiger partial charge in [-0.25, -0.2) is 9.59 Å². The Hall–Kier alpha value is -1.84. The van der Waals surface area contributed by atoms with Gasteiger partial charge >= 0.3 is 11.9 Å². The summed E-state index contributed by atoms with van der Waals surface area (Å²) in [5.74, 6) is -0.333. The molecule has 0 radical (unpaired) electrons. The van der Waals surface area contributed by atoms with Crippen molar-refractivity contribution >= 4 is 11.9 Å². The van der Waals surface area contributed by atoms with Crippen LogP contribution in [0.5, 0.6) is 0 Å². The van der Waals surface area contributed by atoms with E-state index in [1.54, 1.807) is 12.1 Å². The second-order valence-electron chi connectivity index (χ2n) is 8.14. The monoisotopic (exact) mass is 362 g/mol. The smallest absolute Gasteiger partial charge is 0.339 e. The van der Waals surface area contributed by atoms with E-state index in [1.165, 1.54) is 0 Å². The first-order valence-electron chi connectivity index (χ1n) is 9.66. The molecule has 146 valence electrons. The molecule has 0 heterocycles. The lowest BCUT2D eigenvalue weighted by molar-refractivity contribution is 0.0447. The lowest BCUT2D eigenvalue weighted by atomic mass is 9.82. The third-order valence-electron chi connectivity index (χ3n) is 4.19. The first kappa shape index (κ1) is 22.2. The fourth-order valence-corrected chi connectivity index (χ4v) is 2.68. The van der Waals surface area contributed by atoms with E-state index in [1.807, 2.05) is 33.8 Å². The van der Waals surface area contributed by atoms with Gasteiger partial charge in [0.05, 0.1) is 24.3 Å². The molecule has 0 aliphatic rings. The first-order valence-corrected chi connectivity index (χ1v) is 9.66. The van der Waals surface area contributed by atoms with E-state index in [0.717, 1.165) is 31.2 Å². The Morgan fingerprint density at radius 2 is 1.62 bits per heavy atom. The maximum Gasteiger partial charge on any atom is 0.339 e. The fourth-order valence-electron chi connectivity index (χ4n) is 2.68. The Balaban J connectivity index is 3.07. The SMILES string of the molecule is CCCCOC(=O)c1cccc(C(C)(C)C)c1C(=O)OCCCC(C)C. The van der Waals surface area contributed by atoms with Crippen molar-refractivity contribution in [2.24, 2.45) is 5.92 Å². The maximum atomic E-state index is 12.8. The zero-order valence-corrected chi connectivity index (χ0v) is 17.2. The van der Waals surface area contributed by atoms with E-state index in [0.29, 0.717) is 30.3 Å². The van der Waals surface area contributed by atoms with Gasteiger partial charge < -0.3 is 9.47 Å². The van der Waals surface area contributed by atoms with Crippen molar-refractivity contribution in [1.29, 1.82) is 0 Å². The molecule has 0 saturated carbocycles. The summed E-state index contributed by atoms with van der Waals surface area (Å²) in [6.07, 6.45) is 3.57. The molecule has 0 spiro atoms. The number of hydrogen-bond acceptors (Lipinski definition) is 4. The number of carbonyl (C=O) groups is 2. The topological polar surface area (TPSA) is 52.6 Å². The minimum atomic E-state index is -0.460. The largest absolute Gasteiger partial charge is 0.462 e. The molecule has 0 fully saturated rings. The minimum absolute atomic E-state index is 0.286. The van der Waals surface area contributed by atoms with Gasteiger partial charge in [-0.2, -0.15) is 0 Å². The van der Waals surface area contributed by atoms with Gasteiger partial charge in [-0.15, -0.1) is 0 Å². The lowest BCUT2D eigenvalue weighted by Gasteiger charge is -2.23. The first-order chi connectivity index (χ1) is 12.2. The molecule has 0 N–H and O–H groups in total. The summed E-state index contributed by atoms with van der Waals surface area (Å²) in [7, 11) is 0. The molecule has 1 rings (SSSR count). The number of hydrogen-bond donors (Lipinski definition) is 0. The van der Waals surface area contributed by atoms with Gasteiger partial charge in [0.25, 0.3) is 0 Å². The van der Waals surface area contributed by atoms with Gasteiger partial charge in [0.1, 0.15) is 0 Å². The molecule has 1 aromatic carbocycles. The van der Waals surface area contributed by atoms with Crippen LogP contribution in [0.1, 0.15) is 93.5 Å². The van der Waals surface area contributed by atoms with Gasteiger partial charge in [-0.1, -0.05) is 60.1 Å². The van der Waals surface area contributed by atoms with Crippen LogP contribution in [0.2, 0.25) is 0 Å². The van der Waals surface area contributed by atoms with Crippen molar-refractivity contribution in [3.05, 3.63) is 34.9 Å². The van der Waals surface area contributed by atoms with E-state index in [9.17, 15) is 9.59 Å². The van der Waals surface area contributed by atoms with E-state index >= 15 is 0 Å². The highest BCUT2D eigenvalue weighted by atomic mass is 16.5. The van der Waals surface area contributed by atoms with Crippen LogP contribution in [0, 0.1) is 5.92 Å². The van der Waals surface area contributed by atoms with E-state index in [-0.39, 0.29) is 5.41 Å². The minimum Gasteiger partial charge on any atom is -0.462 e. The molecule has 4 nitrogen and oxygen atoms in total. The lowest BCUT2D eigenvalue weighted by Crippen LogP contribution is -2.23. The number of unbranched alkanes of at least 4 members (excludes halogenated alkanes) is 1. The molecule has 26 heavy (non-hydrogen) atoms. The maximum absolute atomic E-state index is 12.8. The number of ether oxygens (including phenoxy) is 2. The molecular formula is C22H34O4. The molecule has 0 aromatic heterocycles. The summed E-state index contributed by atoms with van der Waals surface area (Å²) in [5, 5.41) is 0. The van der Waals surface area contributed by atoms with Crippen molar-refractivity contribution in [2.45, 2.75) is 72.6 Å². The molecular weight excluding hydrogens is 328 g/mol. The molecule has 0 unspecified atom stereocenters. The summed E-state index contributed by atoms with van der Waals surface area (Å²) >= 11 is 0. The summed E-state index contributed by atoms with van der Waals surface area (Å²) < 4.78 is 10.8. The highest BCUT2D eigenvalue weighted by Gasteiger charge is 2.28. The highest BCUT2D eigenvalue weighted by Crippen LogP contribution is 2.29. The van der Waals surface area contributed by atoms with Crippen LogP contribution in [0.25, 0.3) is 0 Å². The molecule has 1 aromatic rings. The predicted octanol–water partition coefficient (Wildman–Crippen LogP) is 5.53. The number of carbonyl (C=O) groups excluding carboxylic acids is 2. The molecule has 0 aliphatic carbocycles. The van der Waals surface area contributed by atoms with Gasteiger partial charge in [0, 0.05) is 0 Å². The Kier molecular flexibility index (Phi) is 8.83. The average molecular weight is 363 g/mol. The third-order valence-corrected chi connectivity index (χ3v) is 4.19. The average Bonchev–Trinajstić information content (AvgIpc) is 2.57. The Bertz CT molecular complexity index is 597. The van der Waals surface area contributed by atoms with Gasteiger partial charge in [0.15, 0.2) is 0 Å². The second kappa shape index (κ2) is 10.3. The zero-order valence-electron chi connectivity index (χ0n) is 17.2. The van der Waals surface area contributed by atoms with Crippen molar-refractivity contribution in [1.82, 2.24) is 0 Å². The van der Waals surface area contributed by atoms with Crippen LogP contribution < -0.4 is 0 Å². The molecule has 0 aliphatic heterocycles. The van der Waals surface area contributed by atoms with Crippen LogP contribution in [0.15, 0.2) is 18.2 Å². The second-order valence-corrected chi connectivity index (χ2v) is 8.14. The number of esters is 2. The van der Waals surface area contributed by atoms with Crippen molar-refractivity contribution in [2.75, 3.05) is 13.2 Å². The Morgan fingerprint density at radius 3 is 2.19 bits per heavy atom. The predicted molar refractivity (Wildman–Crippen MR) is 105 cm³/mol. The molecule has 0 saturated heterocycles. The van der Waals surface area contributed by atoms with E-state index < -0.39 is 11.9 Å². The molecule has 0 bridgehead atoms. The van der Waals surface area contributed by atoms with Gasteiger partial charge in [0.2, 0.25) is 0 Å². The van der Waals surface area contributed by atoms with E-state index in [2.05, 4.69) is 13.8 Å². The molecule has 4 heteroatoms. The van der Waals surface area contributed by atoms with Gasteiger partial charge in [-0.05, 0) is 42.2 Å². The standard InChI is InChI=1S/C22H34O4/c1-7-8-14-25-20(23)17-12-9-13-18(22(4,5)6)19(17)21(24)26-15-10-11-16(2)3/h9,12-13,16H,7-8,10-11,14-15H2,1-6H3. The van der Waals surface area contributed by atoms with E-state index in [4.69, 9.17) is 9.47 Å².